The molecule has 0 aliphatic heterocycles. The molecular weight excluding hydrogens is 270 g/mol. The van der Waals surface area contributed by atoms with Crippen LogP contribution in [-0.4, -0.2) is 18.1 Å². The molecule has 0 amide bonds. The van der Waals surface area contributed by atoms with Gasteiger partial charge in [-0.05, 0) is 30.4 Å². The fourth-order valence-corrected chi connectivity index (χ4v) is 1.85. The van der Waals surface area contributed by atoms with Crippen molar-refractivity contribution in [1.82, 2.24) is 5.32 Å². The minimum atomic E-state index is 0.682. The lowest BCUT2D eigenvalue weighted by atomic mass is 10.1. The van der Waals surface area contributed by atoms with E-state index in [0.29, 0.717) is 5.25 Å². The molecule has 1 N–H and O–H groups in total. The molecule has 0 fully saturated rings. The Morgan fingerprint density at radius 2 is 2.20 bits per heavy atom. The predicted octanol–water partition coefficient (Wildman–Crippen LogP) is 3.60. The van der Waals surface area contributed by atoms with Crippen LogP contribution in [0.4, 0.5) is 0 Å². The Hall–Kier alpha value is 0.01000. The smallest absolute Gasteiger partial charge is 0.0206 e. The van der Waals surface area contributed by atoms with Gasteiger partial charge in [0.2, 0.25) is 0 Å². The summed E-state index contributed by atoms with van der Waals surface area (Å²) in [5.74, 6) is 0. The largest absolute Gasteiger partial charge is 0.312 e. The summed E-state index contributed by atoms with van der Waals surface area (Å²) in [5.41, 5.74) is 2.65. The maximum Gasteiger partial charge on any atom is 0.0206 e. The zero-order valence-electron chi connectivity index (χ0n) is 9.51. The fourth-order valence-electron chi connectivity index (χ4n) is 1.32. The van der Waals surface area contributed by atoms with E-state index in [1.165, 1.54) is 15.6 Å². The second-order valence-corrected chi connectivity index (χ2v) is 5.89. The quantitative estimate of drug-likeness (QED) is 0.888. The number of aryl methyl sites for hydroxylation is 1. The monoisotopic (exact) mass is 287 g/mol. The third kappa shape index (κ3) is 4.58. The van der Waals surface area contributed by atoms with Crippen LogP contribution in [0.3, 0.4) is 0 Å². The van der Waals surface area contributed by atoms with E-state index < -0.39 is 0 Å². The van der Waals surface area contributed by atoms with Gasteiger partial charge in [-0.2, -0.15) is 11.8 Å². The van der Waals surface area contributed by atoms with Crippen molar-refractivity contribution in [2.45, 2.75) is 25.6 Å². The Morgan fingerprint density at radius 1 is 1.47 bits per heavy atom. The van der Waals surface area contributed by atoms with Crippen molar-refractivity contribution in [2.24, 2.45) is 0 Å². The molecule has 1 nitrogen and oxygen atoms in total. The number of thioether (sulfide) groups is 1. The third-order valence-electron chi connectivity index (χ3n) is 2.39. The van der Waals surface area contributed by atoms with Crippen molar-refractivity contribution in [3.8, 4) is 0 Å². The van der Waals surface area contributed by atoms with Gasteiger partial charge in [-0.1, -0.05) is 35.0 Å². The summed E-state index contributed by atoms with van der Waals surface area (Å²) in [7, 11) is 0. The van der Waals surface area contributed by atoms with E-state index in [1.807, 2.05) is 11.8 Å². The lowest BCUT2D eigenvalue weighted by Gasteiger charge is -2.10. The van der Waals surface area contributed by atoms with Gasteiger partial charge in [0.25, 0.3) is 0 Å². The maximum absolute atomic E-state index is 3.51. The van der Waals surface area contributed by atoms with Gasteiger partial charge in [0, 0.05) is 22.8 Å². The summed E-state index contributed by atoms with van der Waals surface area (Å²) in [4.78, 5) is 0. The van der Waals surface area contributed by atoms with Crippen molar-refractivity contribution < 1.29 is 0 Å². The summed E-state index contributed by atoms with van der Waals surface area (Å²) >= 11 is 5.40. The summed E-state index contributed by atoms with van der Waals surface area (Å²) in [5, 5.41) is 4.14. The van der Waals surface area contributed by atoms with Crippen molar-refractivity contribution in [3.63, 3.8) is 0 Å². The van der Waals surface area contributed by atoms with Crippen molar-refractivity contribution in [3.05, 3.63) is 33.8 Å². The Labute approximate surface area is 105 Å². The highest BCUT2D eigenvalue weighted by Gasteiger charge is 2.00. The van der Waals surface area contributed by atoms with Gasteiger partial charge < -0.3 is 5.32 Å². The molecule has 1 aromatic rings. The number of hydrogen-bond acceptors (Lipinski definition) is 2. The van der Waals surface area contributed by atoms with E-state index in [2.05, 4.69) is 59.5 Å². The molecule has 1 aromatic carbocycles. The van der Waals surface area contributed by atoms with E-state index in [-0.39, 0.29) is 0 Å². The van der Waals surface area contributed by atoms with E-state index in [1.54, 1.807) is 0 Å². The van der Waals surface area contributed by atoms with Gasteiger partial charge in [0.1, 0.15) is 0 Å². The molecule has 1 atom stereocenters. The van der Waals surface area contributed by atoms with E-state index in [9.17, 15) is 0 Å². The fraction of sp³-hybridized carbons (Fsp3) is 0.500. The maximum atomic E-state index is 3.51. The number of rotatable bonds is 5. The second kappa shape index (κ2) is 6.56. The highest BCUT2D eigenvalue weighted by Crippen LogP contribution is 2.16. The number of hydrogen-bond donors (Lipinski definition) is 1. The molecule has 0 radical (unpaired) electrons. The second-order valence-electron chi connectivity index (χ2n) is 3.76. The molecule has 0 aliphatic carbocycles. The van der Waals surface area contributed by atoms with E-state index in [0.717, 1.165) is 13.1 Å². The lowest BCUT2D eigenvalue weighted by molar-refractivity contribution is 0.684. The summed E-state index contributed by atoms with van der Waals surface area (Å²) in [6.45, 7) is 6.39. The first-order valence-corrected chi connectivity index (χ1v) is 7.20. The Morgan fingerprint density at radius 3 is 2.80 bits per heavy atom. The molecule has 0 aromatic heterocycles. The van der Waals surface area contributed by atoms with E-state index in [4.69, 9.17) is 0 Å². The van der Waals surface area contributed by atoms with Crippen LogP contribution in [-0.2, 0) is 6.54 Å². The summed E-state index contributed by atoms with van der Waals surface area (Å²) < 4.78 is 1.18. The first kappa shape index (κ1) is 13.1. The molecule has 15 heavy (non-hydrogen) atoms. The van der Waals surface area contributed by atoms with Crippen LogP contribution in [0, 0.1) is 6.92 Å². The van der Waals surface area contributed by atoms with Gasteiger partial charge >= 0.3 is 0 Å². The van der Waals surface area contributed by atoms with Crippen molar-refractivity contribution >= 4 is 27.7 Å². The van der Waals surface area contributed by atoms with Crippen LogP contribution in [0.2, 0.25) is 0 Å². The Bertz CT molecular complexity index is 314. The topological polar surface area (TPSA) is 12.0 Å². The minimum Gasteiger partial charge on any atom is -0.312 e. The molecule has 0 saturated carbocycles. The zero-order chi connectivity index (χ0) is 11.3. The van der Waals surface area contributed by atoms with Crippen LogP contribution in [0.15, 0.2) is 22.7 Å². The minimum absolute atomic E-state index is 0.682. The first-order chi connectivity index (χ1) is 7.13. The predicted molar refractivity (Wildman–Crippen MR) is 73.6 cm³/mol. The van der Waals surface area contributed by atoms with Crippen molar-refractivity contribution in [1.29, 1.82) is 0 Å². The van der Waals surface area contributed by atoms with Gasteiger partial charge in [-0.25, -0.2) is 0 Å². The van der Waals surface area contributed by atoms with Gasteiger partial charge in [-0.15, -0.1) is 0 Å². The van der Waals surface area contributed by atoms with Gasteiger partial charge in [0.05, 0.1) is 0 Å². The van der Waals surface area contributed by atoms with E-state index >= 15 is 0 Å². The molecule has 1 rings (SSSR count). The molecule has 1 unspecified atom stereocenters. The standard InChI is InChI=1S/C12H18BrNS/c1-9-6-11(4-5-12(9)13)8-14-7-10(2)15-3/h4-6,10,14H,7-8H2,1-3H3. The summed E-state index contributed by atoms with van der Waals surface area (Å²) in [6, 6.07) is 6.50. The average molecular weight is 288 g/mol. The average Bonchev–Trinajstić information content (AvgIpc) is 2.23. The first-order valence-electron chi connectivity index (χ1n) is 5.12. The van der Waals surface area contributed by atoms with Crippen LogP contribution in [0.1, 0.15) is 18.1 Å². The van der Waals surface area contributed by atoms with Crippen LogP contribution in [0.25, 0.3) is 0 Å². The molecule has 0 bridgehead atoms. The highest BCUT2D eigenvalue weighted by molar-refractivity contribution is 9.10. The van der Waals surface area contributed by atoms with Crippen LogP contribution < -0.4 is 5.32 Å². The lowest BCUT2D eigenvalue weighted by Crippen LogP contribution is -2.22. The number of benzene rings is 1. The number of halogens is 1. The van der Waals surface area contributed by atoms with Crippen molar-refractivity contribution in [2.75, 3.05) is 12.8 Å². The molecule has 0 spiro atoms. The Kier molecular flexibility index (Phi) is 5.72. The highest BCUT2D eigenvalue weighted by atomic mass is 79.9. The van der Waals surface area contributed by atoms with Crippen LogP contribution >= 0.6 is 27.7 Å². The normalized spacial score (nSPS) is 12.8. The third-order valence-corrected chi connectivity index (χ3v) is 4.25. The molecule has 0 heterocycles. The molecule has 0 aliphatic rings. The van der Waals surface area contributed by atoms with Gasteiger partial charge in [-0.3, -0.25) is 0 Å². The summed E-state index contributed by atoms with van der Waals surface area (Å²) in [6.07, 6.45) is 2.15. The SMILES string of the molecule is CSC(C)CNCc1ccc(Br)c(C)c1. The molecular formula is C12H18BrNS. The zero-order valence-corrected chi connectivity index (χ0v) is 11.9. The van der Waals surface area contributed by atoms with Gasteiger partial charge in [0.15, 0.2) is 0 Å². The Balaban J connectivity index is 2.41. The van der Waals surface area contributed by atoms with Crippen LogP contribution in [0.5, 0.6) is 0 Å². The molecule has 0 saturated heterocycles. The number of nitrogens with one attached hydrogen (secondary N) is 1. The molecule has 84 valence electrons. The molecule has 3 heteroatoms.